The lowest BCUT2D eigenvalue weighted by Crippen LogP contribution is -2.28. The number of benzene rings is 2. The van der Waals surface area contributed by atoms with Crippen molar-refractivity contribution in [2.45, 2.75) is 6.42 Å². The van der Waals surface area contributed by atoms with Gasteiger partial charge in [-0.05, 0) is 30.6 Å². The summed E-state index contributed by atoms with van der Waals surface area (Å²) in [5.74, 6) is 1.52. The first-order valence-corrected chi connectivity index (χ1v) is 9.67. The molecule has 1 aliphatic heterocycles. The van der Waals surface area contributed by atoms with Crippen LogP contribution in [-0.4, -0.2) is 19.4 Å². The average molecular weight is 335 g/mol. The summed E-state index contributed by atoms with van der Waals surface area (Å²) in [4.78, 5) is 0. The van der Waals surface area contributed by atoms with Gasteiger partial charge in [-0.3, -0.25) is 4.57 Å². The Morgan fingerprint density at radius 2 is 1.86 bits per heavy atom. The fourth-order valence-electron chi connectivity index (χ4n) is 2.47. The van der Waals surface area contributed by atoms with E-state index in [1.54, 1.807) is 7.11 Å². The van der Waals surface area contributed by atoms with E-state index >= 15 is 0 Å². The molecule has 1 aliphatic rings. The van der Waals surface area contributed by atoms with Gasteiger partial charge in [0.1, 0.15) is 5.75 Å². The van der Waals surface area contributed by atoms with Gasteiger partial charge < -0.3 is 8.71 Å². The molecular formula is C16H18NO3PS. The molecule has 3 rings (SSSR count). The second-order valence-corrected chi connectivity index (χ2v) is 7.97. The van der Waals surface area contributed by atoms with E-state index in [-0.39, 0.29) is 0 Å². The van der Waals surface area contributed by atoms with E-state index in [2.05, 4.69) is 5.09 Å². The normalized spacial score (nSPS) is 19.1. The zero-order valence-corrected chi connectivity index (χ0v) is 14.0. The fourth-order valence-corrected chi connectivity index (χ4v) is 4.92. The average Bonchev–Trinajstić information content (AvgIpc) is 2.55. The highest BCUT2D eigenvalue weighted by molar-refractivity contribution is 7.94. The van der Waals surface area contributed by atoms with E-state index in [0.29, 0.717) is 12.3 Å². The van der Waals surface area contributed by atoms with Crippen LogP contribution in [0.25, 0.3) is 11.1 Å². The Labute approximate surface area is 134 Å². The minimum atomic E-state index is -3.08. The summed E-state index contributed by atoms with van der Waals surface area (Å²) in [7, 11) is -1.43. The molecule has 0 bridgehead atoms. The summed E-state index contributed by atoms with van der Waals surface area (Å²) < 4.78 is 24.1. The Hall–Kier alpha value is -1.26. The van der Waals surface area contributed by atoms with Crippen molar-refractivity contribution in [3.8, 4) is 16.9 Å². The third-order valence-electron chi connectivity index (χ3n) is 3.47. The van der Waals surface area contributed by atoms with E-state index < -0.39 is 7.52 Å². The Kier molecular flexibility index (Phi) is 4.89. The predicted octanol–water partition coefficient (Wildman–Crippen LogP) is 3.84. The molecule has 1 unspecified atom stereocenters. The number of fused-ring (bicyclic) bond motifs is 3. The summed E-state index contributed by atoms with van der Waals surface area (Å²) in [5.41, 5.74) is 1.97. The highest BCUT2D eigenvalue weighted by Crippen LogP contribution is 2.51. The van der Waals surface area contributed by atoms with Crippen LogP contribution in [0.4, 0.5) is 0 Å². The van der Waals surface area contributed by atoms with Gasteiger partial charge in [-0.2, -0.15) is 0 Å². The Morgan fingerprint density at radius 1 is 1.14 bits per heavy atom. The van der Waals surface area contributed by atoms with Crippen molar-refractivity contribution in [3.05, 3.63) is 48.5 Å². The number of hydrogen-bond donors (Lipinski definition) is 1. The predicted molar refractivity (Wildman–Crippen MR) is 91.8 cm³/mol. The Morgan fingerprint density at radius 3 is 2.68 bits per heavy atom. The van der Waals surface area contributed by atoms with Crippen molar-refractivity contribution in [1.82, 2.24) is 5.09 Å². The molecule has 1 N–H and O–H groups in total. The quantitative estimate of drug-likeness (QED) is 0.494. The SMILES string of the molecule is COSCCCNP1(=O)Oc2ccccc2-c2ccccc21. The molecule has 1 heterocycles. The van der Waals surface area contributed by atoms with Crippen LogP contribution < -0.4 is 14.9 Å². The van der Waals surface area contributed by atoms with Gasteiger partial charge >= 0.3 is 7.52 Å². The van der Waals surface area contributed by atoms with E-state index in [1.165, 1.54) is 12.0 Å². The van der Waals surface area contributed by atoms with Gasteiger partial charge in [0.05, 0.1) is 12.4 Å². The molecule has 2 aromatic carbocycles. The van der Waals surface area contributed by atoms with Crippen LogP contribution in [0.1, 0.15) is 6.42 Å². The number of nitrogens with one attached hydrogen (secondary N) is 1. The van der Waals surface area contributed by atoms with Gasteiger partial charge in [0.2, 0.25) is 0 Å². The maximum atomic E-state index is 13.3. The minimum absolute atomic E-state index is 0.615. The highest BCUT2D eigenvalue weighted by atomic mass is 32.2. The molecule has 6 heteroatoms. The van der Waals surface area contributed by atoms with E-state index in [0.717, 1.165) is 28.6 Å². The second-order valence-electron chi connectivity index (χ2n) is 4.91. The van der Waals surface area contributed by atoms with Crippen LogP contribution in [0.2, 0.25) is 0 Å². The molecule has 0 amide bonds. The summed E-state index contributed by atoms with van der Waals surface area (Å²) in [6.07, 6.45) is 0.857. The molecule has 1 atom stereocenters. The van der Waals surface area contributed by atoms with Crippen molar-refractivity contribution < 1.29 is 13.3 Å². The third kappa shape index (κ3) is 3.08. The number of para-hydroxylation sites is 1. The summed E-state index contributed by atoms with van der Waals surface area (Å²) >= 11 is 1.40. The molecule has 0 saturated heterocycles. The smallest absolute Gasteiger partial charge is 0.347 e. The maximum Gasteiger partial charge on any atom is 0.347 e. The monoisotopic (exact) mass is 335 g/mol. The zero-order valence-electron chi connectivity index (χ0n) is 12.3. The topological polar surface area (TPSA) is 47.6 Å². The van der Waals surface area contributed by atoms with Crippen LogP contribution in [0.5, 0.6) is 5.75 Å². The van der Waals surface area contributed by atoms with Gasteiger partial charge in [-0.15, -0.1) is 0 Å². The van der Waals surface area contributed by atoms with E-state index in [9.17, 15) is 4.57 Å². The molecule has 0 aliphatic carbocycles. The molecule has 4 nitrogen and oxygen atoms in total. The van der Waals surface area contributed by atoms with Gasteiger partial charge in [-0.25, -0.2) is 5.09 Å². The van der Waals surface area contributed by atoms with Crippen LogP contribution in [-0.2, 0) is 8.75 Å². The molecule has 0 saturated carbocycles. The number of rotatable bonds is 6. The van der Waals surface area contributed by atoms with Crippen molar-refractivity contribution in [2.75, 3.05) is 19.4 Å². The van der Waals surface area contributed by atoms with Gasteiger partial charge in [0.15, 0.2) is 0 Å². The van der Waals surface area contributed by atoms with Gasteiger partial charge in [0, 0.05) is 23.4 Å². The lowest BCUT2D eigenvalue weighted by atomic mass is 10.0. The standard InChI is InChI=1S/C16H18NO3PS/c1-19-22-12-6-11-17-21(18)16-10-5-3-8-14(16)13-7-2-4-9-15(13)20-21/h2-5,7-10H,6,11-12H2,1H3,(H,17,18). The van der Waals surface area contributed by atoms with Crippen molar-refractivity contribution in [1.29, 1.82) is 0 Å². The first-order chi connectivity index (χ1) is 10.7. The summed E-state index contributed by atoms with van der Waals surface area (Å²) in [6.45, 7) is 0.615. The van der Waals surface area contributed by atoms with Gasteiger partial charge in [-0.1, -0.05) is 36.4 Å². The van der Waals surface area contributed by atoms with Crippen LogP contribution in [0.15, 0.2) is 48.5 Å². The summed E-state index contributed by atoms with van der Waals surface area (Å²) in [6, 6.07) is 15.4. The number of hydrogen-bond acceptors (Lipinski definition) is 4. The van der Waals surface area contributed by atoms with E-state index in [1.807, 2.05) is 48.5 Å². The molecule has 0 aromatic heterocycles. The molecule has 0 radical (unpaired) electrons. The fraction of sp³-hybridized carbons (Fsp3) is 0.250. The largest absolute Gasteiger partial charge is 0.429 e. The van der Waals surface area contributed by atoms with Crippen LogP contribution in [0.3, 0.4) is 0 Å². The summed E-state index contributed by atoms with van der Waals surface area (Å²) in [5, 5.41) is 3.86. The molecule has 0 fully saturated rings. The maximum absolute atomic E-state index is 13.3. The lowest BCUT2D eigenvalue weighted by molar-refractivity contribution is 0.475. The zero-order chi connectivity index (χ0) is 15.4. The minimum Gasteiger partial charge on any atom is -0.429 e. The third-order valence-corrected chi connectivity index (χ3v) is 6.28. The Balaban J connectivity index is 1.86. The second kappa shape index (κ2) is 6.88. The molecule has 2 aromatic rings. The Bertz CT molecular complexity index is 707. The molecule has 0 spiro atoms. The molecular weight excluding hydrogens is 317 g/mol. The van der Waals surface area contributed by atoms with Crippen molar-refractivity contribution >= 4 is 24.9 Å². The highest BCUT2D eigenvalue weighted by Gasteiger charge is 2.35. The van der Waals surface area contributed by atoms with Crippen LogP contribution >= 0.6 is 19.6 Å². The van der Waals surface area contributed by atoms with Gasteiger partial charge in [0.25, 0.3) is 0 Å². The van der Waals surface area contributed by atoms with Crippen molar-refractivity contribution in [2.24, 2.45) is 0 Å². The van der Waals surface area contributed by atoms with E-state index in [4.69, 9.17) is 8.71 Å². The van der Waals surface area contributed by atoms with Crippen LogP contribution in [0, 0.1) is 0 Å². The lowest BCUT2D eigenvalue weighted by Gasteiger charge is -2.28. The molecule has 22 heavy (non-hydrogen) atoms. The first kappa shape index (κ1) is 15.6. The molecule has 116 valence electrons. The first-order valence-electron chi connectivity index (χ1n) is 7.14. The van der Waals surface area contributed by atoms with Crippen molar-refractivity contribution in [3.63, 3.8) is 0 Å².